The molecule has 2 rings (SSSR count). The van der Waals surface area contributed by atoms with Crippen LogP contribution in [0.1, 0.15) is 26.7 Å². The Morgan fingerprint density at radius 2 is 2.00 bits per heavy atom. The molecule has 4 nitrogen and oxygen atoms in total. The van der Waals surface area contributed by atoms with Crippen molar-refractivity contribution in [3.8, 4) is 5.88 Å². The lowest BCUT2D eigenvalue weighted by Crippen LogP contribution is -2.19. The summed E-state index contributed by atoms with van der Waals surface area (Å²) in [6.07, 6.45) is 2.66. The van der Waals surface area contributed by atoms with Gasteiger partial charge in [-0.3, -0.25) is 0 Å². The lowest BCUT2D eigenvalue weighted by atomic mass is 10.4. The number of hydrogen-bond acceptors (Lipinski definition) is 5. The monoisotopic (exact) mass is 213 g/mol. The molecule has 0 aromatic carbocycles. The molecule has 1 saturated heterocycles. The summed E-state index contributed by atoms with van der Waals surface area (Å²) in [4.78, 5) is 2.25. The summed E-state index contributed by atoms with van der Waals surface area (Å²) in [6, 6.07) is 0. The summed E-state index contributed by atoms with van der Waals surface area (Å²) in [5.41, 5.74) is 0. The molecule has 0 radical (unpaired) electrons. The Kier molecular flexibility index (Phi) is 2.86. The van der Waals surface area contributed by atoms with Crippen LogP contribution in [0.5, 0.6) is 5.88 Å². The zero-order chi connectivity index (χ0) is 9.97. The van der Waals surface area contributed by atoms with Gasteiger partial charge in [0.25, 0.3) is 5.88 Å². The van der Waals surface area contributed by atoms with E-state index in [-0.39, 0.29) is 6.10 Å². The first-order valence-corrected chi connectivity index (χ1v) is 5.74. The van der Waals surface area contributed by atoms with Gasteiger partial charge in [0, 0.05) is 13.1 Å². The molecule has 0 saturated carbocycles. The lowest BCUT2D eigenvalue weighted by molar-refractivity contribution is 0.235. The van der Waals surface area contributed by atoms with Crippen LogP contribution < -0.4 is 9.64 Å². The normalized spacial score (nSPS) is 16.6. The highest BCUT2D eigenvalue weighted by Gasteiger charge is 2.20. The average molecular weight is 213 g/mol. The fourth-order valence-electron chi connectivity index (χ4n) is 1.60. The number of rotatable bonds is 3. The predicted octanol–water partition coefficient (Wildman–Crippen LogP) is 1.93. The molecule has 0 amide bonds. The average Bonchev–Trinajstić information content (AvgIpc) is 2.70. The highest BCUT2D eigenvalue weighted by Crippen LogP contribution is 2.28. The second-order valence-electron chi connectivity index (χ2n) is 3.75. The maximum Gasteiger partial charge on any atom is 0.271 e. The van der Waals surface area contributed by atoms with Crippen LogP contribution in [0, 0.1) is 0 Å². The van der Waals surface area contributed by atoms with Crippen molar-refractivity contribution in [1.82, 2.24) is 8.75 Å². The topological polar surface area (TPSA) is 38.3 Å². The van der Waals surface area contributed by atoms with Gasteiger partial charge in [0.2, 0.25) is 5.82 Å². The van der Waals surface area contributed by atoms with E-state index in [2.05, 4.69) is 13.6 Å². The van der Waals surface area contributed by atoms with Crippen molar-refractivity contribution >= 4 is 17.5 Å². The van der Waals surface area contributed by atoms with Crippen LogP contribution in [0.25, 0.3) is 0 Å². The minimum atomic E-state index is 0.167. The van der Waals surface area contributed by atoms with Gasteiger partial charge in [-0.1, -0.05) is 0 Å². The van der Waals surface area contributed by atoms with Gasteiger partial charge in [-0.25, -0.2) is 0 Å². The third kappa shape index (κ3) is 1.97. The number of aromatic nitrogens is 2. The van der Waals surface area contributed by atoms with Crippen molar-refractivity contribution < 1.29 is 4.74 Å². The number of ether oxygens (including phenoxy) is 1. The van der Waals surface area contributed by atoms with Crippen molar-refractivity contribution in [2.75, 3.05) is 18.0 Å². The number of nitrogens with zero attached hydrogens (tertiary/aromatic N) is 3. The highest BCUT2D eigenvalue weighted by molar-refractivity contribution is 6.99. The molecule has 0 spiro atoms. The molecule has 5 heteroatoms. The van der Waals surface area contributed by atoms with Gasteiger partial charge in [0.05, 0.1) is 17.8 Å². The molecule has 1 aliphatic heterocycles. The highest BCUT2D eigenvalue weighted by atomic mass is 32.1. The summed E-state index contributed by atoms with van der Waals surface area (Å²) in [6.45, 7) is 6.18. The minimum absolute atomic E-state index is 0.167. The van der Waals surface area contributed by atoms with E-state index in [1.165, 1.54) is 24.6 Å². The van der Waals surface area contributed by atoms with Crippen molar-refractivity contribution in [3.63, 3.8) is 0 Å². The third-order valence-electron chi connectivity index (χ3n) is 2.20. The maximum absolute atomic E-state index is 5.59. The SMILES string of the molecule is CC(C)Oc1nsnc1N1CCCC1. The molecule has 0 atom stereocenters. The van der Waals surface area contributed by atoms with Gasteiger partial charge < -0.3 is 9.64 Å². The van der Waals surface area contributed by atoms with Crippen molar-refractivity contribution in [2.24, 2.45) is 0 Å². The molecule has 0 aliphatic carbocycles. The molecule has 1 aromatic heterocycles. The first-order chi connectivity index (χ1) is 6.77. The van der Waals surface area contributed by atoms with Gasteiger partial charge >= 0.3 is 0 Å². The molecule has 0 bridgehead atoms. The zero-order valence-electron chi connectivity index (χ0n) is 8.56. The van der Waals surface area contributed by atoms with Crippen LogP contribution >= 0.6 is 11.7 Å². The van der Waals surface area contributed by atoms with Crippen LogP contribution in [0.2, 0.25) is 0 Å². The first-order valence-electron chi connectivity index (χ1n) is 5.01. The summed E-state index contributed by atoms with van der Waals surface area (Å²) in [5.74, 6) is 1.63. The first kappa shape index (κ1) is 9.71. The Balaban J connectivity index is 2.12. The molecular weight excluding hydrogens is 198 g/mol. The van der Waals surface area contributed by atoms with Gasteiger partial charge in [-0.05, 0) is 26.7 Å². The van der Waals surface area contributed by atoms with E-state index in [1.807, 2.05) is 13.8 Å². The van der Waals surface area contributed by atoms with Gasteiger partial charge in [0.1, 0.15) is 0 Å². The van der Waals surface area contributed by atoms with Crippen LogP contribution in [0.3, 0.4) is 0 Å². The molecule has 1 aliphatic rings. The Morgan fingerprint density at radius 1 is 1.29 bits per heavy atom. The smallest absolute Gasteiger partial charge is 0.271 e. The summed E-state index contributed by atoms with van der Waals surface area (Å²) >= 11 is 1.23. The van der Waals surface area contributed by atoms with Crippen LogP contribution in [0.4, 0.5) is 5.82 Å². The predicted molar refractivity (Wildman–Crippen MR) is 57.1 cm³/mol. The maximum atomic E-state index is 5.59. The Hall–Kier alpha value is -0.840. The molecule has 14 heavy (non-hydrogen) atoms. The van der Waals surface area contributed by atoms with E-state index in [0.717, 1.165) is 18.9 Å². The number of hydrogen-bond donors (Lipinski definition) is 0. The van der Waals surface area contributed by atoms with Gasteiger partial charge in [-0.15, -0.1) is 4.37 Å². The van der Waals surface area contributed by atoms with E-state index >= 15 is 0 Å². The quantitative estimate of drug-likeness (QED) is 0.769. The molecule has 2 heterocycles. The second-order valence-corrected chi connectivity index (χ2v) is 4.28. The fourth-order valence-corrected chi connectivity index (χ4v) is 2.11. The van der Waals surface area contributed by atoms with Crippen LogP contribution in [-0.2, 0) is 0 Å². The van der Waals surface area contributed by atoms with Gasteiger partial charge in [0.15, 0.2) is 0 Å². The minimum Gasteiger partial charge on any atom is -0.472 e. The zero-order valence-corrected chi connectivity index (χ0v) is 9.38. The summed E-state index contributed by atoms with van der Waals surface area (Å²) in [5, 5.41) is 0. The van der Waals surface area contributed by atoms with E-state index in [0.29, 0.717) is 5.88 Å². The van der Waals surface area contributed by atoms with Crippen molar-refractivity contribution in [1.29, 1.82) is 0 Å². The number of anilines is 1. The second kappa shape index (κ2) is 4.13. The Morgan fingerprint density at radius 3 is 2.64 bits per heavy atom. The largest absolute Gasteiger partial charge is 0.472 e. The summed E-state index contributed by atoms with van der Waals surface area (Å²) in [7, 11) is 0. The molecule has 0 unspecified atom stereocenters. The third-order valence-corrected chi connectivity index (χ3v) is 2.70. The fraction of sp³-hybridized carbons (Fsp3) is 0.778. The standard InChI is InChI=1S/C9H15N3OS/c1-7(2)13-9-8(10-14-11-9)12-5-3-4-6-12/h7H,3-6H2,1-2H3. The van der Waals surface area contributed by atoms with E-state index in [4.69, 9.17) is 4.74 Å². The van der Waals surface area contributed by atoms with Gasteiger partial charge in [-0.2, -0.15) is 4.37 Å². The van der Waals surface area contributed by atoms with E-state index < -0.39 is 0 Å². The van der Waals surface area contributed by atoms with Crippen LogP contribution in [0.15, 0.2) is 0 Å². The van der Waals surface area contributed by atoms with Crippen molar-refractivity contribution in [2.45, 2.75) is 32.8 Å². The Bertz CT molecular complexity index is 294. The summed E-state index contributed by atoms with van der Waals surface area (Å²) < 4.78 is 14.0. The van der Waals surface area contributed by atoms with E-state index in [1.54, 1.807) is 0 Å². The molecule has 78 valence electrons. The molecule has 1 aromatic rings. The van der Waals surface area contributed by atoms with E-state index in [9.17, 15) is 0 Å². The Labute approximate surface area is 88.2 Å². The molecular formula is C9H15N3OS. The molecule has 0 N–H and O–H groups in total. The van der Waals surface area contributed by atoms with Crippen LogP contribution in [-0.4, -0.2) is 27.9 Å². The lowest BCUT2D eigenvalue weighted by Gasteiger charge is -2.16. The molecule has 1 fully saturated rings. The van der Waals surface area contributed by atoms with Crippen molar-refractivity contribution in [3.05, 3.63) is 0 Å².